The number of nitrogens with two attached hydrogens (primary N) is 1. The van der Waals surface area contributed by atoms with E-state index >= 15 is 0 Å². The molecule has 0 aromatic rings. The molecular weight excluding hydrogens is 186 g/mol. The minimum absolute atomic E-state index is 0.214. The summed E-state index contributed by atoms with van der Waals surface area (Å²) in [6.45, 7) is 6.57. The van der Waals surface area contributed by atoms with Gasteiger partial charge in [0.1, 0.15) is 5.78 Å². The first-order valence-corrected chi connectivity index (χ1v) is 6.17. The van der Waals surface area contributed by atoms with E-state index in [1.165, 1.54) is 25.7 Å². The lowest BCUT2D eigenvalue weighted by atomic mass is 9.68. The molecule has 88 valence electrons. The maximum atomic E-state index is 12.4. The first kappa shape index (κ1) is 12.7. The van der Waals surface area contributed by atoms with Crippen molar-refractivity contribution in [3.05, 3.63) is 0 Å². The molecule has 1 aliphatic rings. The summed E-state index contributed by atoms with van der Waals surface area (Å²) in [7, 11) is 0. The van der Waals surface area contributed by atoms with Gasteiger partial charge in [0, 0.05) is 17.4 Å². The average Bonchev–Trinajstić information content (AvgIpc) is 2.41. The van der Waals surface area contributed by atoms with Crippen molar-refractivity contribution in [3.8, 4) is 0 Å². The molecule has 1 saturated carbocycles. The number of Topliss-reactive ketones (excluding diaryl/α,β-unsaturated/α-hetero) is 1. The molecule has 0 saturated heterocycles. The van der Waals surface area contributed by atoms with Crippen LogP contribution in [0.5, 0.6) is 0 Å². The zero-order valence-electron chi connectivity index (χ0n) is 10.4. The van der Waals surface area contributed by atoms with Crippen LogP contribution in [0.4, 0.5) is 0 Å². The van der Waals surface area contributed by atoms with Gasteiger partial charge in [-0.25, -0.2) is 0 Å². The van der Waals surface area contributed by atoms with E-state index in [1.807, 2.05) is 20.8 Å². The van der Waals surface area contributed by atoms with Gasteiger partial charge in [-0.15, -0.1) is 0 Å². The highest BCUT2D eigenvalue weighted by Gasteiger charge is 2.42. The van der Waals surface area contributed by atoms with Crippen LogP contribution in [-0.2, 0) is 4.79 Å². The zero-order chi connectivity index (χ0) is 11.5. The molecule has 0 aromatic heterocycles. The predicted octanol–water partition coefficient (Wildman–Crippen LogP) is 2.90. The van der Waals surface area contributed by atoms with Gasteiger partial charge in [0.2, 0.25) is 0 Å². The smallest absolute Gasteiger partial charge is 0.145 e. The van der Waals surface area contributed by atoms with Crippen molar-refractivity contribution in [1.29, 1.82) is 0 Å². The molecule has 0 bridgehead atoms. The van der Waals surface area contributed by atoms with Gasteiger partial charge >= 0.3 is 0 Å². The molecule has 15 heavy (non-hydrogen) atoms. The van der Waals surface area contributed by atoms with Crippen LogP contribution in [-0.4, -0.2) is 12.3 Å². The monoisotopic (exact) mass is 211 g/mol. The van der Waals surface area contributed by atoms with Crippen LogP contribution in [0.1, 0.15) is 59.3 Å². The molecule has 2 heteroatoms. The molecule has 1 aliphatic carbocycles. The average molecular weight is 211 g/mol. The summed E-state index contributed by atoms with van der Waals surface area (Å²) in [5.74, 6) is 0.374. The van der Waals surface area contributed by atoms with Gasteiger partial charge < -0.3 is 5.73 Å². The lowest BCUT2D eigenvalue weighted by Crippen LogP contribution is -2.44. The summed E-state index contributed by atoms with van der Waals surface area (Å²) in [6, 6.07) is 0. The molecule has 1 fully saturated rings. The second kappa shape index (κ2) is 4.65. The van der Waals surface area contributed by atoms with Crippen LogP contribution in [0.2, 0.25) is 0 Å². The maximum Gasteiger partial charge on any atom is 0.145 e. The minimum Gasteiger partial charge on any atom is -0.329 e. The Morgan fingerprint density at radius 3 is 1.93 bits per heavy atom. The van der Waals surface area contributed by atoms with E-state index in [2.05, 4.69) is 0 Å². The largest absolute Gasteiger partial charge is 0.329 e. The Hall–Kier alpha value is -0.370. The van der Waals surface area contributed by atoms with Crippen molar-refractivity contribution in [2.45, 2.75) is 59.3 Å². The van der Waals surface area contributed by atoms with E-state index in [9.17, 15) is 4.79 Å². The molecule has 2 nitrogen and oxygen atoms in total. The summed E-state index contributed by atoms with van der Waals surface area (Å²) in [6.07, 6.45) is 6.86. The van der Waals surface area contributed by atoms with Crippen molar-refractivity contribution in [2.75, 3.05) is 6.54 Å². The molecule has 2 N–H and O–H groups in total. The van der Waals surface area contributed by atoms with Crippen molar-refractivity contribution in [1.82, 2.24) is 0 Å². The maximum absolute atomic E-state index is 12.4. The van der Waals surface area contributed by atoms with Gasteiger partial charge in [-0.1, -0.05) is 46.5 Å². The molecule has 0 aliphatic heterocycles. The van der Waals surface area contributed by atoms with Crippen molar-refractivity contribution in [2.24, 2.45) is 16.6 Å². The first-order chi connectivity index (χ1) is 6.92. The number of ketones is 1. The van der Waals surface area contributed by atoms with Gasteiger partial charge in [0.05, 0.1) is 0 Å². The second-order valence-corrected chi connectivity index (χ2v) is 5.98. The van der Waals surface area contributed by atoms with Crippen LogP contribution < -0.4 is 5.73 Å². The number of hydrogen-bond acceptors (Lipinski definition) is 2. The molecule has 0 spiro atoms. The third-order valence-corrected chi connectivity index (χ3v) is 3.61. The highest BCUT2D eigenvalue weighted by Crippen LogP contribution is 2.40. The van der Waals surface area contributed by atoms with E-state index in [-0.39, 0.29) is 10.8 Å². The lowest BCUT2D eigenvalue weighted by Gasteiger charge is -2.35. The summed E-state index contributed by atoms with van der Waals surface area (Å²) >= 11 is 0. The molecular formula is C13H25NO. The summed E-state index contributed by atoms with van der Waals surface area (Å²) in [5.41, 5.74) is 5.42. The van der Waals surface area contributed by atoms with Crippen LogP contribution in [0.15, 0.2) is 0 Å². The zero-order valence-corrected chi connectivity index (χ0v) is 10.4. The minimum atomic E-state index is -0.246. The SMILES string of the molecule is CC(C)(C)C(=O)C1(CN)CCCCCC1. The summed E-state index contributed by atoms with van der Waals surface area (Å²) in [4.78, 5) is 12.4. The van der Waals surface area contributed by atoms with E-state index in [4.69, 9.17) is 5.73 Å². The fourth-order valence-corrected chi connectivity index (χ4v) is 2.72. The molecule has 0 radical (unpaired) electrons. The Labute approximate surface area is 93.6 Å². The standard InChI is InChI=1S/C13H25NO/c1-12(2,3)11(15)13(10-14)8-6-4-5-7-9-13/h4-10,14H2,1-3H3. The van der Waals surface area contributed by atoms with Crippen LogP contribution in [0, 0.1) is 10.8 Å². The van der Waals surface area contributed by atoms with E-state index in [0.29, 0.717) is 12.3 Å². The topological polar surface area (TPSA) is 43.1 Å². The Kier molecular flexibility index (Phi) is 3.93. The third-order valence-electron chi connectivity index (χ3n) is 3.61. The highest BCUT2D eigenvalue weighted by molar-refractivity contribution is 5.89. The Bertz CT molecular complexity index is 219. The lowest BCUT2D eigenvalue weighted by molar-refractivity contribution is -0.137. The van der Waals surface area contributed by atoms with Crippen molar-refractivity contribution < 1.29 is 4.79 Å². The first-order valence-electron chi connectivity index (χ1n) is 6.17. The van der Waals surface area contributed by atoms with Crippen LogP contribution >= 0.6 is 0 Å². The quantitative estimate of drug-likeness (QED) is 0.714. The van der Waals surface area contributed by atoms with E-state index in [0.717, 1.165) is 12.8 Å². The predicted molar refractivity (Wildman–Crippen MR) is 63.7 cm³/mol. The van der Waals surface area contributed by atoms with Crippen LogP contribution in [0.25, 0.3) is 0 Å². The van der Waals surface area contributed by atoms with Crippen molar-refractivity contribution in [3.63, 3.8) is 0 Å². The van der Waals surface area contributed by atoms with Gasteiger partial charge in [-0.3, -0.25) is 4.79 Å². The van der Waals surface area contributed by atoms with Crippen LogP contribution in [0.3, 0.4) is 0 Å². The molecule has 0 heterocycles. The summed E-state index contributed by atoms with van der Waals surface area (Å²) < 4.78 is 0. The van der Waals surface area contributed by atoms with Gasteiger partial charge in [-0.05, 0) is 12.8 Å². The highest BCUT2D eigenvalue weighted by atomic mass is 16.1. The number of carbonyl (C=O) groups excluding carboxylic acids is 1. The fraction of sp³-hybridized carbons (Fsp3) is 0.923. The number of carbonyl (C=O) groups is 1. The van der Waals surface area contributed by atoms with E-state index in [1.54, 1.807) is 0 Å². The van der Waals surface area contributed by atoms with Gasteiger partial charge in [0.25, 0.3) is 0 Å². The number of rotatable bonds is 2. The van der Waals surface area contributed by atoms with E-state index < -0.39 is 0 Å². The van der Waals surface area contributed by atoms with Gasteiger partial charge in [-0.2, -0.15) is 0 Å². The normalized spacial score (nSPS) is 22.1. The molecule has 0 atom stereocenters. The Balaban J connectivity index is 2.87. The Morgan fingerprint density at radius 2 is 1.60 bits per heavy atom. The van der Waals surface area contributed by atoms with Gasteiger partial charge in [0.15, 0.2) is 0 Å². The molecule has 0 amide bonds. The molecule has 1 rings (SSSR count). The number of hydrogen-bond donors (Lipinski definition) is 1. The second-order valence-electron chi connectivity index (χ2n) is 5.98. The Morgan fingerprint density at radius 1 is 1.13 bits per heavy atom. The summed E-state index contributed by atoms with van der Waals surface area (Å²) in [5, 5.41) is 0. The molecule has 0 aromatic carbocycles. The third kappa shape index (κ3) is 2.81. The fourth-order valence-electron chi connectivity index (χ4n) is 2.72. The molecule has 0 unspecified atom stereocenters. The van der Waals surface area contributed by atoms with Crippen molar-refractivity contribution >= 4 is 5.78 Å².